The lowest BCUT2D eigenvalue weighted by Crippen LogP contribution is -2.99. The third-order valence-corrected chi connectivity index (χ3v) is 2.12. The van der Waals surface area contributed by atoms with Gasteiger partial charge in [-0.05, 0) is 13.0 Å². The number of carbonyl (C=O) groups excluding carboxylic acids is 1. The molecule has 0 aliphatic rings. The summed E-state index contributed by atoms with van der Waals surface area (Å²) in [6.07, 6.45) is 0. The molecule has 0 aliphatic carbocycles. The number of carboxylic acids is 1. The molecule has 0 spiro atoms. The lowest BCUT2D eigenvalue weighted by atomic mass is 10.2. The molecule has 98 valence electrons. The van der Waals surface area contributed by atoms with Gasteiger partial charge >= 0.3 is 12.0 Å². The molecule has 0 bridgehead atoms. The van der Waals surface area contributed by atoms with Crippen LogP contribution in [0.3, 0.4) is 0 Å². The maximum atomic E-state index is 11.4. The molecule has 1 aromatic carbocycles. The molecule has 1 aromatic rings. The third kappa shape index (κ3) is 3.70. The van der Waals surface area contributed by atoms with Crippen molar-refractivity contribution in [3.63, 3.8) is 0 Å². The van der Waals surface area contributed by atoms with Crippen LogP contribution in [-0.4, -0.2) is 28.4 Å². The number of amides is 2. The third-order valence-electron chi connectivity index (χ3n) is 2.12. The van der Waals surface area contributed by atoms with Gasteiger partial charge in [-0.25, -0.2) is 10.0 Å². The number of anilines is 1. The summed E-state index contributed by atoms with van der Waals surface area (Å²) >= 11 is 0. The Morgan fingerprint density at radius 3 is 2.56 bits per heavy atom. The van der Waals surface area contributed by atoms with Crippen LogP contribution in [0.2, 0.25) is 0 Å². The zero-order valence-electron chi connectivity index (χ0n) is 9.51. The summed E-state index contributed by atoms with van der Waals surface area (Å²) in [6, 6.07) is 3.97. The minimum atomic E-state index is -1.18. The van der Waals surface area contributed by atoms with Crippen LogP contribution in [0.4, 0.5) is 16.2 Å². The standard InChI is InChI=1S/C10H13N3O5/c1-6(9(14)15)11-10(16)12-7-4-2-3-5-8(7)13(17)18/h2-6,13,17H,1H3,(H,14,15)(H2,11,12,16). The number of nitrogens with one attached hydrogen (secondary N) is 3. The van der Waals surface area contributed by atoms with E-state index in [4.69, 9.17) is 10.3 Å². The summed E-state index contributed by atoms with van der Waals surface area (Å²) in [5.41, 5.74) is 0.0238. The number of carboxylic acid groups (broad SMARTS) is 1. The molecule has 0 saturated carbocycles. The van der Waals surface area contributed by atoms with E-state index in [2.05, 4.69) is 10.6 Å². The van der Waals surface area contributed by atoms with Crippen LogP contribution in [-0.2, 0) is 4.79 Å². The number of quaternary nitrogens is 1. The summed E-state index contributed by atoms with van der Waals surface area (Å²) in [5.74, 6) is -1.18. The minimum absolute atomic E-state index is 0.0735. The highest BCUT2D eigenvalue weighted by Gasteiger charge is 2.16. The van der Waals surface area contributed by atoms with Crippen molar-refractivity contribution in [3.05, 3.63) is 29.5 Å². The highest BCUT2D eigenvalue weighted by atomic mass is 16.8. The monoisotopic (exact) mass is 255 g/mol. The average molecular weight is 255 g/mol. The van der Waals surface area contributed by atoms with E-state index in [0.717, 1.165) is 0 Å². The molecule has 0 aliphatic heterocycles. The summed E-state index contributed by atoms with van der Waals surface area (Å²) in [4.78, 5) is 21.9. The Morgan fingerprint density at radius 2 is 2.00 bits per heavy atom. The number of carbonyl (C=O) groups is 2. The molecule has 0 fully saturated rings. The van der Waals surface area contributed by atoms with Gasteiger partial charge in [0.2, 0.25) is 0 Å². The molecule has 8 nitrogen and oxygen atoms in total. The number of para-hydroxylation sites is 2. The van der Waals surface area contributed by atoms with Gasteiger partial charge in [0.15, 0.2) is 5.69 Å². The van der Waals surface area contributed by atoms with Gasteiger partial charge in [0.1, 0.15) is 11.7 Å². The second kappa shape index (κ2) is 5.96. The van der Waals surface area contributed by atoms with E-state index >= 15 is 0 Å². The van der Waals surface area contributed by atoms with Gasteiger partial charge in [-0.1, -0.05) is 12.1 Å². The zero-order chi connectivity index (χ0) is 13.7. The van der Waals surface area contributed by atoms with E-state index in [1.807, 2.05) is 0 Å². The van der Waals surface area contributed by atoms with E-state index in [-0.39, 0.29) is 11.4 Å². The van der Waals surface area contributed by atoms with Gasteiger partial charge in [-0.2, -0.15) is 5.23 Å². The molecule has 0 heterocycles. The Morgan fingerprint density at radius 1 is 1.39 bits per heavy atom. The van der Waals surface area contributed by atoms with Crippen LogP contribution in [0.5, 0.6) is 0 Å². The Balaban J connectivity index is 2.73. The topological polar surface area (TPSA) is 126 Å². The first-order valence-corrected chi connectivity index (χ1v) is 5.04. The quantitative estimate of drug-likeness (QED) is 0.471. The number of urea groups is 1. The van der Waals surface area contributed by atoms with Crippen molar-refractivity contribution in [1.29, 1.82) is 0 Å². The van der Waals surface area contributed by atoms with Crippen LogP contribution in [0.15, 0.2) is 24.3 Å². The average Bonchev–Trinajstić information content (AvgIpc) is 2.28. The van der Waals surface area contributed by atoms with Crippen molar-refractivity contribution >= 4 is 23.4 Å². The molecule has 2 atom stereocenters. The molecule has 2 amide bonds. The van der Waals surface area contributed by atoms with E-state index in [9.17, 15) is 14.8 Å². The molecule has 1 rings (SSSR count). The Hall–Kier alpha value is -2.16. The second-order valence-electron chi connectivity index (χ2n) is 3.51. The van der Waals surface area contributed by atoms with Gasteiger partial charge in [0.05, 0.1) is 0 Å². The van der Waals surface area contributed by atoms with Gasteiger partial charge in [-0.3, -0.25) is 4.79 Å². The number of rotatable bonds is 4. The fourth-order valence-corrected chi connectivity index (χ4v) is 1.20. The zero-order valence-corrected chi connectivity index (χ0v) is 9.51. The van der Waals surface area contributed by atoms with Gasteiger partial charge in [-0.15, -0.1) is 0 Å². The van der Waals surface area contributed by atoms with Crippen molar-refractivity contribution in [1.82, 2.24) is 5.32 Å². The van der Waals surface area contributed by atoms with Crippen LogP contribution in [0.25, 0.3) is 0 Å². The maximum absolute atomic E-state index is 11.4. The molecule has 2 unspecified atom stereocenters. The van der Waals surface area contributed by atoms with Crippen LogP contribution in [0, 0.1) is 5.21 Å². The molecule has 18 heavy (non-hydrogen) atoms. The first-order chi connectivity index (χ1) is 8.41. The van der Waals surface area contributed by atoms with Gasteiger partial charge in [0.25, 0.3) is 0 Å². The molecule has 0 saturated heterocycles. The van der Waals surface area contributed by atoms with Gasteiger partial charge < -0.3 is 20.9 Å². The summed E-state index contributed by atoms with van der Waals surface area (Å²) in [7, 11) is 0. The number of aliphatic carboxylic acids is 1. The van der Waals surface area contributed by atoms with Gasteiger partial charge in [0, 0.05) is 6.07 Å². The first kappa shape index (κ1) is 13.9. The number of hydrogen-bond acceptors (Lipinski definition) is 4. The van der Waals surface area contributed by atoms with Crippen molar-refractivity contribution in [3.8, 4) is 0 Å². The highest BCUT2D eigenvalue weighted by Crippen LogP contribution is 2.16. The second-order valence-corrected chi connectivity index (χ2v) is 3.51. The predicted molar refractivity (Wildman–Crippen MR) is 61.5 cm³/mol. The lowest BCUT2D eigenvalue weighted by molar-refractivity contribution is -0.990. The minimum Gasteiger partial charge on any atom is -0.595 e. The predicted octanol–water partition coefficient (Wildman–Crippen LogP) is -0.315. The highest BCUT2D eigenvalue weighted by molar-refractivity contribution is 5.93. The molecule has 0 radical (unpaired) electrons. The normalized spacial score (nSPS) is 13.5. The summed E-state index contributed by atoms with van der Waals surface area (Å²) < 4.78 is 0. The lowest BCUT2D eigenvalue weighted by Gasteiger charge is -2.16. The van der Waals surface area contributed by atoms with E-state index in [1.54, 1.807) is 6.07 Å². The smallest absolute Gasteiger partial charge is 0.325 e. The fourth-order valence-electron chi connectivity index (χ4n) is 1.20. The van der Waals surface area contributed by atoms with Crippen LogP contribution in [0.1, 0.15) is 6.92 Å². The van der Waals surface area contributed by atoms with Crippen molar-refractivity contribution < 1.29 is 25.1 Å². The van der Waals surface area contributed by atoms with Crippen LogP contribution >= 0.6 is 0 Å². The Kier molecular flexibility index (Phi) is 4.60. The van der Waals surface area contributed by atoms with Crippen LogP contribution < -0.4 is 15.9 Å². The fraction of sp³-hybridized carbons (Fsp3) is 0.200. The summed E-state index contributed by atoms with van der Waals surface area (Å²) in [5, 5.41) is 31.6. The van der Waals surface area contributed by atoms with E-state index < -0.39 is 23.3 Å². The Bertz CT molecular complexity index is 449. The van der Waals surface area contributed by atoms with E-state index in [0.29, 0.717) is 0 Å². The van der Waals surface area contributed by atoms with Crippen molar-refractivity contribution in [2.24, 2.45) is 0 Å². The SMILES string of the molecule is CC(NC(=O)Nc1ccccc1[NH+]([O-])O)C(=O)O. The van der Waals surface area contributed by atoms with E-state index in [1.165, 1.54) is 25.1 Å². The maximum Gasteiger partial charge on any atom is 0.325 e. The van der Waals surface area contributed by atoms with Crippen molar-refractivity contribution in [2.75, 3.05) is 5.32 Å². The number of hydrogen-bond donors (Lipinski definition) is 5. The van der Waals surface area contributed by atoms with Crippen molar-refractivity contribution in [2.45, 2.75) is 13.0 Å². The molecule has 5 N–H and O–H groups in total. The molecular weight excluding hydrogens is 242 g/mol. The largest absolute Gasteiger partial charge is 0.595 e. The molecule has 0 aromatic heterocycles. The number of benzene rings is 1. The Labute approximate surface area is 102 Å². The molecule has 8 heteroatoms. The summed E-state index contributed by atoms with van der Waals surface area (Å²) in [6.45, 7) is 1.30. The molecular formula is C10H13N3O5. The first-order valence-electron chi connectivity index (χ1n) is 5.04.